The van der Waals surface area contributed by atoms with Crippen LogP contribution in [0.25, 0.3) is 10.6 Å². The number of benzene rings is 1. The van der Waals surface area contributed by atoms with Gasteiger partial charge in [0.1, 0.15) is 10.8 Å². The molecule has 4 aliphatic carbocycles. The van der Waals surface area contributed by atoms with Crippen molar-refractivity contribution in [2.75, 3.05) is 7.11 Å². The normalized spacial score (nSPS) is 41.1. The summed E-state index contributed by atoms with van der Waals surface area (Å²) in [5.41, 5.74) is 3.11. The Hall–Kier alpha value is -1.39. The number of nitrogens with zero attached hydrogens (tertiary/aromatic N) is 1. The number of methoxy groups -OCH3 is 1. The largest absolute Gasteiger partial charge is 0.497 e. The van der Waals surface area contributed by atoms with E-state index in [0.717, 1.165) is 41.4 Å². The van der Waals surface area contributed by atoms with Gasteiger partial charge in [-0.15, -0.1) is 11.3 Å². The van der Waals surface area contributed by atoms with Gasteiger partial charge < -0.3 is 9.84 Å². The minimum absolute atomic E-state index is 0.0751. The lowest BCUT2D eigenvalue weighted by molar-refractivity contribution is -0.0985. The Morgan fingerprint density at radius 3 is 2.71 bits per heavy atom. The fraction of sp³-hybridized carbons (Fsp3) is 0.667. The molecule has 4 heteroatoms. The predicted octanol–water partition coefficient (Wildman–Crippen LogP) is 6.45. The number of thiazole rings is 1. The average Bonchev–Trinajstić information content (AvgIpc) is 3.34. The average molecular weight is 438 g/mol. The van der Waals surface area contributed by atoms with E-state index in [4.69, 9.17) is 9.72 Å². The molecule has 3 nitrogen and oxygen atoms in total. The summed E-state index contributed by atoms with van der Waals surface area (Å²) in [6, 6.07) is 8.36. The van der Waals surface area contributed by atoms with Gasteiger partial charge in [0.15, 0.2) is 0 Å². The first-order chi connectivity index (χ1) is 14.9. The molecule has 0 amide bonds. The first-order valence-electron chi connectivity index (χ1n) is 12.3. The van der Waals surface area contributed by atoms with Crippen LogP contribution in [0, 0.1) is 28.6 Å². The smallest absolute Gasteiger partial charge is 0.124 e. The quantitative estimate of drug-likeness (QED) is 0.587. The predicted molar refractivity (Wildman–Crippen MR) is 126 cm³/mol. The Morgan fingerprint density at radius 1 is 1.03 bits per heavy atom. The third-order valence-corrected chi connectivity index (χ3v) is 11.3. The molecule has 1 heterocycles. The van der Waals surface area contributed by atoms with Gasteiger partial charge in [-0.25, -0.2) is 4.98 Å². The SMILES string of the molecule is COc1cccc(-c2nc3c(s2)[C@@H]2CC[C@@H]4[C@H](CC[C@]5(C)[C@@H](O)CC[C@@H]45)[C@@]2(C)CC3)c1. The van der Waals surface area contributed by atoms with Crippen molar-refractivity contribution in [1.29, 1.82) is 0 Å². The second kappa shape index (κ2) is 7.05. The zero-order valence-corrected chi connectivity index (χ0v) is 19.9. The number of aromatic nitrogens is 1. The fourth-order valence-corrected chi connectivity index (χ4v) is 9.70. The standard InChI is InChI=1S/C27H35NO2S/c1-26-14-12-22-24(31-25(28-22)16-5-4-6-17(15-16)30-3)21(26)8-7-18-19-9-10-23(29)27(19,2)13-11-20(18)26/h4-6,15,18-21,23,29H,7-14H2,1-3H3/t18-,19-,20-,21-,23-,26+,27-/m0/s1. The monoisotopic (exact) mass is 437 g/mol. The third kappa shape index (κ3) is 2.83. The third-order valence-electron chi connectivity index (χ3n) is 10.1. The van der Waals surface area contributed by atoms with Crippen molar-refractivity contribution in [1.82, 2.24) is 4.98 Å². The number of ether oxygens (including phenoxy) is 1. The van der Waals surface area contributed by atoms with Crippen LogP contribution < -0.4 is 4.74 Å². The maximum Gasteiger partial charge on any atom is 0.124 e. The Kier molecular flexibility index (Phi) is 4.60. The van der Waals surface area contributed by atoms with Crippen molar-refractivity contribution in [3.63, 3.8) is 0 Å². The lowest BCUT2D eigenvalue weighted by atomic mass is 9.45. The highest BCUT2D eigenvalue weighted by Crippen LogP contribution is 2.68. The van der Waals surface area contributed by atoms with Crippen LogP contribution >= 0.6 is 11.3 Å². The summed E-state index contributed by atoms with van der Waals surface area (Å²) in [7, 11) is 1.73. The van der Waals surface area contributed by atoms with Gasteiger partial charge in [-0.05, 0) is 92.1 Å². The zero-order valence-electron chi connectivity index (χ0n) is 19.1. The van der Waals surface area contributed by atoms with Crippen molar-refractivity contribution in [3.05, 3.63) is 34.8 Å². The first kappa shape index (κ1) is 20.2. The summed E-state index contributed by atoms with van der Waals surface area (Å²) in [5.74, 6) is 3.91. The minimum atomic E-state index is -0.0751. The van der Waals surface area contributed by atoms with Gasteiger partial charge in [-0.2, -0.15) is 0 Å². The molecule has 0 aliphatic heterocycles. The first-order valence-corrected chi connectivity index (χ1v) is 13.1. The summed E-state index contributed by atoms with van der Waals surface area (Å²) in [5, 5.41) is 11.9. The van der Waals surface area contributed by atoms with Gasteiger partial charge in [0.05, 0.1) is 18.9 Å². The molecule has 0 spiro atoms. The lowest BCUT2D eigenvalue weighted by Crippen LogP contribution is -2.52. The van der Waals surface area contributed by atoms with Crippen LogP contribution in [0.2, 0.25) is 0 Å². The molecule has 0 unspecified atom stereocenters. The van der Waals surface area contributed by atoms with Gasteiger partial charge in [0.2, 0.25) is 0 Å². The van der Waals surface area contributed by atoms with Crippen molar-refractivity contribution in [2.45, 2.75) is 77.2 Å². The number of fused-ring (bicyclic) bond motifs is 7. The molecule has 1 N–H and O–H groups in total. The highest BCUT2D eigenvalue weighted by atomic mass is 32.1. The van der Waals surface area contributed by atoms with Crippen LogP contribution in [0.3, 0.4) is 0 Å². The van der Waals surface area contributed by atoms with E-state index in [2.05, 4.69) is 32.0 Å². The molecule has 4 aliphatic rings. The number of aliphatic hydroxyl groups is 1. The van der Waals surface area contributed by atoms with E-state index in [1.165, 1.54) is 49.8 Å². The molecule has 7 atom stereocenters. The number of aliphatic hydroxyl groups excluding tert-OH is 1. The van der Waals surface area contributed by atoms with Crippen LogP contribution in [0.4, 0.5) is 0 Å². The molecular weight excluding hydrogens is 402 g/mol. The summed E-state index contributed by atoms with van der Waals surface area (Å²) >= 11 is 1.94. The van der Waals surface area contributed by atoms with Crippen molar-refractivity contribution in [2.24, 2.45) is 28.6 Å². The fourth-order valence-electron chi connectivity index (χ4n) is 8.30. The molecular formula is C27H35NO2S. The maximum absolute atomic E-state index is 10.7. The second-order valence-electron chi connectivity index (χ2n) is 11.2. The number of hydrogen-bond acceptors (Lipinski definition) is 4. The van der Waals surface area contributed by atoms with Gasteiger partial charge >= 0.3 is 0 Å². The van der Waals surface area contributed by atoms with Gasteiger partial charge in [0.25, 0.3) is 0 Å². The van der Waals surface area contributed by atoms with E-state index >= 15 is 0 Å². The van der Waals surface area contributed by atoms with Gasteiger partial charge in [-0.3, -0.25) is 0 Å². The summed E-state index contributed by atoms with van der Waals surface area (Å²) in [6.07, 6.45) is 9.74. The topological polar surface area (TPSA) is 42.4 Å². The highest BCUT2D eigenvalue weighted by molar-refractivity contribution is 7.15. The van der Waals surface area contributed by atoms with E-state index in [0.29, 0.717) is 11.3 Å². The van der Waals surface area contributed by atoms with Crippen molar-refractivity contribution >= 4 is 11.3 Å². The van der Waals surface area contributed by atoms with Gasteiger partial charge in [0, 0.05) is 16.4 Å². The van der Waals surface area contributed by atoms with E-state index in [1.807, 2.05) is 17.4 Å². The van der Waals surface area contributed by atoms with Crippen LogP contribution in [0.15, 0.2) is 24.3 Å². The van der Waals surface area contributed by atoms with Crippen LogP contribution in [-0.2, 0) is 6.42 Å². The molecule has 3 saturated carbocycles. The Labute approximate surface area is 190 Å². The molecule has 31 heavy (non-hydrogen) atoms. The summed E-state index contributed by atoms with van der Waals surface area (Å²) in [6.45, 7) is 5.00. The maximum atomic E-state index is 10.7. The van der Waals surface area contributed by atoms with Gasteiger partial charge in [-0.1, -0.05) is 26.0 Å². The van der Waals surface area contributed by atoms with Crippen LogP contribution in [0.1, 0.15) is 75.3 Å². The van der Waals surface area contributed by atoms with Crippen molar-refractivity contribution in [3.8, 4) is 16.3 Å². The highest BCUT2D eigenvalue weighted by Gasteiger charge is 2.60. The molecule has 166 valence electrons. The Balaban J connectivity index is 1.33. The summed E-state index contributed by atoms with van der Waals surface area (Å²) in [4.78, 5) is 6.70. The Bertz CT molecular complexity index is 1000. The van der Waals surface area contributed by atoms with Crippen LogP contribution in [0.5, 0.6) is 5.75 Å². The molecule has 2 aromatic rings. The minimum Gasteiger partial charge on any atom is -0.497 e. The molecule has 0 saturated heterocycles. The molecule has 1 aromatic heterocycles. The number of rotatable bonds is 2. The van der Waals surface area contributed by atoms with E-state index < -0.39 is 0 Å². The van der Waals surface area contributed by atoms with E-state index in [9.17, 15) is 5.11 Å². The second-order valence-corrected chi connectivity index (χ2v) is 12.2. The van der Waals surface area contributed by atoms with Crippen LogP contribution in [-0.4, -0.2) is 23.3 Å². The zero-order chi connectivity index (χ0) is 21.4. The molecule has 0 radical (unpaired) electrons. The molecule has 6 rings (SSSR count). The molecule has 0 bridgehead atoms. The van der Waals surface area contributed by atoms with E-state index in [-0.39, 0.29) is 11.5 Å². The number of hydrogen-bond donors (Lipinski definition) is 1. The van der Waals surface area contributed by atoms with Crippen molar-refractivity contribution < 1.29 is 9.84 Å². The number of aryl methyl sites for hydroxylation is 1. The molecule has 1 aromatic carbocycles. The summed E-state index contributed by atoms with van der Waals surface area (Å²) < 4.78 is 5.45. The lowest BCUT2D eigenvalue weighted by Gasteiger charge is -2.59. The Morgan fingerprint density at radius 2 is 1.87 bits per heavy atom. The molecule has 3 fully saturated rings. The van der Waals surface area contributed by atoms with E-state index in [1.54, 1.807) is 12.0 Å².